The second kappa shape index (κ2) is 7.24. The Balaban J connectivity index is 1.52. The highest BCUT2D eigenvalue weighted by atomic mass is 16.2. The minimum Gasteiger partial charge on any atom is -0.338 e. The number of hydrogen-bond acceptors (Lipinski definition) is 3. The number of hydrogen-bond donors (Lipinski definition) is 1. The summed E-state index contributed by atoms with van der Waals surface area (Å²) in [5.74, 6) is 0.755. The molecule has 0 bridgehead atoms. The van der Waals surface area contributed by atoms with Crippen LogP contribution in [0.2, 0.25) is 0 Å². The fourth-order valence-corrected chi connectivity index (χ4v) is 3.65. The van der Waals surface area contributed by atoms with E-state index < -0.39 is 0 Å². The summed E-state index contributed by atoms with van der Waals surface area (Å²) in [4.78, 5) is 19.7. The maximum absolute atomic E-state index is 13.5. The van der Waals surface area contributed by atoms with Gasteiger partial charge in [-0.15, -0.1) is 0 Å². The van der Waals surface area contributed by atoms with E-state index in [1.165, 1.54) is 0 Å². The monoisotopic (exact) mass is 377 g/mol. The number of benzene rings is 3. The highest BCUT2D eigenvalue weighted by Crippen LogP contribution is 2.35. The summed E-state index contributed by atoms with van der Waals surface area (Å²) < 4.78 is 0. The van der Waals surface area contributed by atoms with Crippen molar-refractivity contribution in [3.63, 3.8) is 0 Å². The number of nitrogens with zero attached hydrogens (tertiary/aromatic N) is 2. The van der Waals surface area contributed by atoms with Crippen molar-refractivity contribution in [2.24, 2.45) is 0 Å². The molecule has 0 atom stereocenters. The molecule has 1 amide bonds. The van der Waals surface area contributed by atoms with Gasteiger partial charge in [-0.2, -0.15) is 0 Å². The SMILES string of the molecule is O=C(c1ccc(-c2ccccc2)cc1)N1Cc2cccnc2Nc2ccccc21. The first kappa shape index (κ1) is 17.2. The van der Waals surface area contributed by atoms with Gasteiger partial charge in [-0.3, -0.25) is 4.79 Å². The summed E-state index contributed by atoms with van der Waals surface area (Å²) in [5.41, 5.74) is 5.59. The van der Waals surface area contributed by atoms with E-state index in [1.54, 1.807) is 6.20 Å². The van der Waals surface area contributed by atoms with E-state index in [1.807, 2.05) is 83.8 Å². The van der Waals surface area contributed by atoms with Crippen LogP contribution in [-0.4, -0.2) is 10.9 Å². The van der Waals surface area contributed by atoms with Crippen molar-refractivity contribution in [1.82, 2.24) is 4.98 Å². The third-order valence-electron chi connectivity index (χ3n) is 5.15. The fraction of sp³-hybridized carbons (Fsp3) is 0.0400. The zero-order chi connectivity index (χ0) is 19.6. The lowest BCUT2D eigenvalue weighted by Gasteiger charge is -2.23. The van der Waals surface area contributed by atoms with Gasteiger partial charge >= 0.3 is 0 Å². The van der Waals surface area contributed by atoms with Gasteiger partial charge in [0.25, 0.3) is 5.91 Å². The van der Waals surface area contributed by atoms with Gasteiger partial charge in [0.05, 0.1) is 17.9 Å². The van der Waals surface area contributed by atoms with Gasteiger partial charge < -0.3 is 10.2 Å². The second-order valence-electron chi connectivity index (χ2n) is 6.99. The van der Waals surface area contributed by atoms with Crippen molar-refractivity contribution < 1.29 is 4.79 Å². The lowest BCUT2D eigenvalue weighted by Crippen LogP contribution is -2.30. The van der Waals surface area contributed by atoms with Crippen LogP contribution in [0.25, 0.3) is 11.1 Å². The molecule has 3 aromatic carbocycles. The third kappa shape index (κ3) is 3.25. The van der Waals surface area contributed by atoms with E-state index in [-0.39, 0.29) is 5.91 Å². The van der Waals surface area contributed by atoms with Crippen LogP contribution in [0.15, 0.2) is 97.2 Å². The summed E-state index contributed by atoms with van der Waals surface area (Å²) in [6, 6.07) is 29.7. The first-order valence-corrected chi connectivity index (χ1v) is 9.57. The van der Waals surface area contributed by atoms with Crippen LogP contribution in [0, 0.1) is 0 Å². The lowest BCUT2D eigenvalue weighted by atomic mass is 10.0. The van der Waals surface area contributed by atoms with E-state index >= 15 is 0 Å². The van der Waals surface area contributed by atoms with Gasteiger partial charge in [-0.1, -0.05) is 60.7 Å². The standard InChI is InChI=1S/C25H19N3O/c29-25(20-14-12-19(13-15-20)18-7-2-1-3-8-18)28-17-21-9-6-16-26-24(21)27-22-10-4-5-11-23(22)28/h1-16H,17H2,(H,26,27). The molecule has 4 nitrogen and oxygen atoms in total. The molecular weight excluding hydrogens is 358 g/mol. The van der Waals surface area contributed by atoms with Crippen molar-refractivity contribution >= 4 is 23.1 Å². The van der Waals surface area contributed by atoms with Crippen LogP contribution in [0.5, 0.6) is 0 Å². The molecular formula is C25H19N3O. The summed E-state index contributed by atoms with van der Waals surface area (Å²) in [5, 5.41) is 3.36. The maximum atomic E-state index is 13.5. The fourth-order valence-electron chi connectivity index (χ4n) is 3.65. The Morgan fingerprint density at radius 3 is 2.34 bits per heavy atom. The van der Waals surface area contributed by atoms with E-state index in [0.717, 1.165) is 33.9 Å². The van der Waals surface area contributed by atoms with Crippen molar-refractivity contribution in [2.45, 2.75) is 6.54 Å². The highest BCUT2D eigenvalue weighted by molar-refractivity contribution is 6.08. The van der Waals surface area contributed by atoms with E-state index in [4.69, 9.17) is 0 Å². The van der Waals surface area contributed by atoms with E-state index in [9.17, 15) is 4.79 Å². The number of para-hydroxylation sites is 2. The smallest absolute Gasteiger partial charge is 0.258 e. The molecule has 0 spiro atoms. The van der Waals surface area contributed by atoms with Crippen LogP contribution in [0.3, 0.4) is 0 Å². The molecule has 0 saturated heterocycles. The molecule has 0 saturated carbocycles. The quantitative estimate of drug-likeness (QED) is 0.491. The number of fused-ring (bicyclic) bond motifs is 2. The van der Waals surface area contributed by atoms with Crippen molar-refractivity contribution in [3.8, 4) is 11.1 Å². The van der Waals surface area contributed by atoms with Gasteiger partial charge in [-0.25, -0.2) is 4.98 Å². The maximum Gasteiger partial charge on any atom is 0.258 e. The number of anilines is 3. The molecule has 4 heteroatoms. The average molecular weight is 377 g/mol. The molecule has 0 unspecified atom stereocenters. The molecule has 1 N–H and O–H groups in total. The molecule has 1 aliphatic heterocycles. The number of amides is 1. The summed E-state index contributed by atoms with van der Waals surface area (Å²) >= 11 is 0. The normalized spacial score (nSPS) is 12.3. The Bertz CT molecular complexity index is 1170. The number of carbonyl (C=O) groups excluding carboxylic acids is 1. The molecule has 2 heterocycles. The zero-order valence-corrected chi connectivity index (χ0v) is 15.7. The van der Waals surface area contributed by atoms with Crippen LogP contribution in [-0.2, 0) is 6.54 Å². The van der Waals surface area contributed by atoms with Gasteiger partial charge in [0.15, 0.2) is 0 Å². The highest BCUT2D eigenvalue weighted by Gasteiger charge is 2.25. The molecule has 29 heavy (non-hydrogen) atoms. The molecule has 1 aromatic heterocycles. The van der Waals surface area contributed by atoms with Crippen molar-refractivity contribution in [3.05, 3.63) is 108 Å². The molecule has 1 aliphatic rings. The Morgan fingerprint density at radius 1 is 0.793 bits per heavy atom. The number of aromatic nitrogens is 1. The molecule has 0 aliphatic carbocycles. The average Bonchev–Trinajstić information content (AvgIpc) is 2.96. The van der Waals surface area contributed by atoms with Crippen molar-refractivity contribution in [1.29, 1.82) is 0 Å². The first-order valence-electron chi connectivity index (χ1n) is 9.57. The van der Waals surface area contributed by atoms with E-state index in [0.29, 0.717) is 12.1 Å². The number of pyridine rings is 1. The summed E-state index contributed by atoms with van der Waals surface area (Å²) in [6.45, 7) is 0.465. The molecule has 0 radical (unpaired) electrons. The Labute approximate surface area is 169 Å². The van der Waals surface area contributed by atoms with Crippen LogP contribution in [0.1, 0.15) is 15.9 Å². The Hall–Kier alpha value is -3.92. The van der Waals surface area contributed by atoms with Gasteiger partial charge in [-0.05, 0) is 41.5 Å². The largest absolute Gasteiger partial charge is 0.338 e. The molecule has 4 aromatic rings. The van der Waals surface area contributed by atoms with Crippen LogP contribution in [0.4, 0.5) is 17.2 Å². The van der Waals surface area contributed by atoms with Crippen LogP contribution >= 0.6 is 0 Å². The first-order chi connectivity index (χ1) is 14.3. The second-order valence-corrected chi connectivity index (χ2v) is 6.99. The minimum absolute atomic E-state index is 0.0319. The predicted octanol–water partition coefficient (Wildman–Crippen LogP) is 5.65. The number of nitrogens with one attached hydrogen (secondary N) is 1. The molecule has 140 valence electrons. The van der Waals surface area contributed by atoms with Crippen molar-refractivity contribution in [2.75, 3.05) is 10.2 Å². The van der Waals surface area contributed by atoms with Gasteiger partial charge in [0.1, 0.15) is 5.82 Å². The van der Waals surface area contributed by atoms with Crippen LogP contribution < -0.4 is 10.2 Å². The topological polar surface area (TPSA) is 45.2 Å². The third-order valence-corrected chi connectivity index (χ3v) is 5.15. The van der Waals surface area contributed by atoms with Gasteiger partial charge in [0, 0.05) is 17.3 Å². The molecule has 5 rings (SSSR count). The number of rotatable bonds is 2. The Kier molecular flexibility index (Phi) is 4.30. The summed E-state index contributed by atoms with van der Waals surface area (Å²) in [6.07, 6.45) is 1.76. The van der Waals surface area contributed by atoms with Gasteiger partial charge in [0.2, 0.25) is 0 Å². The molecule has 0 fully saturated rings. The predicted molar refractivity (Wildman–Crippen MR) is 116 cm³/mol. The summed E-state index contributed by atoms with van der Waals surface area (Å²) in [7, 11) is 0. The lowest BCUT2D eigenvalue weighted by molar-refractivity contribution is 0.0985. The number of carbonyl (C=O) groups is 1. The Morgan fingerprint density at radius 2 is 1.52 bits per heavy atom. The minimum atomic E-state index is -0.0319. The van der Waals surface area contributed by atoms with E-state index in [2.05, 4.69) is 22.4 Å². The zero-order valence-electron chi connectivity index (χ0n) is 15.7.